The molecule has 0 aliphatic carbocycles. The molecule has 0 saturated heterocycles. The zero-order chi connectivity index (χ0) is 14.6. The molecule has 0 saturated carbocycles. The van der Waals surface area contributed by atoms with Gasteiger partial charge in [0.1, 0.15) is 4.90 Å². The van der Waals surface area contributed by atoms with Crippen LogP contribution < -0.4 is 4.72 Å². The largest absolute Gasteiger partial charge is 0.475 e. The molecule has 19 heavy (non-hydrogen) atoms. The van der Waals surface area contributed by atoms with Gasteiger partial charge in [0.05, 0.1) is 0 Å². The first kappa shape index (κ1) is 16.2. The van der Waals surface area contributed by atoms with Crippen molar-refractivity contribution >= 4 is 31.9 Å². The monoisotopic (exact) mass is 355 g/mol. The summed E-state index contributed by atoms with van der Waals surface area (Å²) in [5.41, 5.74) is 0. The number of ether oxygens (including phenoxy) is 1. The Balaban J connectivity index is 2.86. The first-order valence-electron chi connectivity index (χ1n) is 5.29. The van der Waals surface area contributed by atoms with Gasteiger partial charge < -0.3 is 14.3 Å². The highest BCUT2D eigenvalue weighted by Gasteiger charge is 2.25. The summed E-state index contributed by atoms with van der Waals surface area (Å²) >= 11 is 2.89. The topological polar surface area (TPSA) is 106 Å². The average Bonchev–Trinajstić information content (AvgIpc) is 2.70. The van der Waals surface area contributed by atoms with E-state index in [-0.39, 0.29) is 22.0 Å². The van der Waals surface area contributed by atoms with Gasteiger partial charge in [-0.25, -0.2) is 17.9 Å². The number of halogens is 1. The second-order valence-electron chi connectivity index (χ2n) is 3.97. The smallest absolute Gasteiger partial charge is 0.371 e. The van der Waals surface area contributed by atoms with Crippen LogP contribution in [0.3, 0.4) is 0 Å². The molecule has 0 radical (unpaired) electrons. The lowest BCUT2D eigenvalue weighted by Gasteiger charge is -2.11. The van der Waals surface area contributed by atoms with Gasteiger partial charge in [-0.2, -0.15) is 0 Å². The standard InChI is InChI=1S/C10H14BrNO6S/c1-6(5-17-2)4-12-19(15,16)8-3-7(10(13)14)18-9(8)11/h3,6,12H,4-5H2,1-2H3,(H,13,14). The number of carboxylic acids is 1. The van der Waals surface area contributed by atoms with Crippen molar-refractivity contribution in [3.05, 3.63) is 16.5 Å². The summed E-state index contributed by atoms with van der Waals surface area (Å²) in [4.78, 5) is 10.5. The van der Waals surface area contributed by atoms with E-state index in [2.05, 4.69) is 20.7 Å². The summed E-state index contributed by atoms with van der Waals surface area (Å²) in [6, 6.07) is 0.954. The minimum Gasteiger partial charge on any atom is -0.475 e. The molecule has 0 aromatic carbocycles. The van der Waals surface area contributed by atoms with Crippen LogP contribution in [0.4, 0.5) is 0 Å². The van der Waals surface area contributed by atoms with Crippen LogP contribution in [0.25, 0.3) is 0 Å². The van der Waals surface area contributed by atoms with Crippen molar-refractivity contribution < 1.29 is 27.5 Å². The van der Waals surface area contributed by atoms with Gasteiger partial charge in [0.2, 0.25) is 15.8 Å². The van der Waals surface area contributed by atoms with E-state index in [4.69, 9.17) is 14.3 Å². The van der Waals surface area contributed by atoms with Crippen molar-refractivity contribution in [2.75, 3.05) is 20.3 Å². The van der Waals surface area contributed by atoms with Gasteiger partial charge in [0.25, 0.3) is 0 Å². The van der Waals surface area contributed by atoms with Gasteiger partial charge in [-0.05, 0) is 21.8 Å². The van der Waals surface area contributed by atoms with Crippen molar-refractivity contribution in [1.29, 1.82) is 0 Å². The Morgan fingerprint density at radius 3 is 2.74 bits per heavy atom. The Kier molecular flexibility index (Phi) is 5.53. The van der Waals surface area contributed by atoms with Gasteiger partial charge in [-0.3, -0.25) is 0 Å². The molecule has 2 N–H and O–H groups in total. The lowest BCUT2D eigenvalue weighted by molar-refractivity contribution is 0.0661. The SMILES string of the molecule is COCC(C)CNS(=O)(=O)c1cc(C(=O)O)oc1Br. The van der Waals surface area contributed by atoms with Crippen LogP contribution in [0, 0.1) is 5.92 Å². The molecule has 1 aromatic heterocycles. The molecule has 1 atom stereocenters. The van der Waals surface area contributed by atoms with E-state index in [1.807, 2.05) is 6.92 Å². The fraction of sp³-hybridized carbons (Fsp3) is 0.500. The highest BCUT2D eigenvalue weighted by Crippen LogP contribution is 2.26. The molecule has 1 unspecified atom stereocenters. The van der Waals surface area contributed by atoms with Crippen LogP contribution in [-0.4, -0.2) is 39.8 Å². The van der Waals surface area contributed by atoms with Gasteiger partial charge in [0, 0.05) is 26.3 Å². The van der Waals surface area contributed by atoms with E-state index in [1.165, 1.54) is 7.11 Å². The Morgan fingerprint density at radius 2 is 2.26 bits per heavy atom. The number of carboxylic acid groups (broad SMARTS) is 1. The minimum atomic E-state index is -3.83. The van der Waals surface area contributed by atoms with Crippen LogP contribution in [-0.2, 0) is 14.8 Å². The number of furan rings is 1. The maximum absolute atomic E-state index is 12.0. The van der Waals surface area contributed by atoms with E-state index in [0.717, 1.165) is 6.07 Å². The quantitative estimate of drug-likeness (QED) is 0.763. The third kappa shape index (κ3) is 4.30. The maximum atomic E-state index is 12.0. The Labute approximate surface area is 119 Å². The van der Waals surface area contributed by atoms with Gasteiger partial charge in [-0.15, -0.1) is 0 Å². The predicted molar refractivity (Wildman–Crippen MR) is 69.6 cm³/mol. The molecule has 1 heterocycles. The van der Waals surface area contributed by atoms with Crippen LogP contribution in [0.5, 0.6) is 0 Å². The molecule has 0 bridgehead atoms. The molecule has 108 valence electrons. The van der Waals surface area contributed by atoms with Crippen LogP contribution in [0.1, 0.15) is 17.5 Å². The summed E-state index contributed by atoms with van der Waals surface area (Å²) in [6.07, 6.45) is 0. The van der Waals surface area contributed by atoms with Crippen LogP contribution in [0.2, 0.25) is 0 Å². The molecule has 0 aliphatic heterocycles. The van der Waals surface area contributed by atoms with Gasteiger partial charge in [0.15, 0.2) is 4.67 Å². The number of hydrogen-bond acceptors (Lipinski definition) is 5. The first-order chi connectivity index (χ1) is 8.77. The fourth-order valence-electron chi connectivity index (χ4n) is 1.31. The highest BCUT2D eigenvalue weighted by atomic mass is 79.9. The Morgan fingerprint density at radius 1 is 1.63 bits per heavy atom. The number of rotatable bonds is 7. The minimum absolute atomic E-state index is 0.00982. The van der Waals surface area contributed by atoms with Gasteiger partial charge >= 0.3 is 5.97 Å². The molecular formula is C10H14BrNO6S. The molecule has 1 aromatic rings. The van der Waals surface area contributed by atoms with Crippen molar-refractivity contribution in [1.82, 2.24) is 4.72 Å². The molecule has 0 spiro atoms. The summed E-state index contributed by atoms with van der Waals surface area (Å²) in [7, 11) is -2.30. The van der Waals surface area contributed by atoms with Crippen molar-refractivity contribution in [3.8, 4) is 0 Å². The first-order valence-corrected chi connectivity index (χ1v) is 7.56. The zero-order valence-corrected chi connectivity index (χ0v) is 12.7. The van der Waals surface area contributed by atoms with E-state index < -0.39 is 21.8 Å². The van der Waals surface area contributed by atoms with Crippen molar-refractivity contribution in [2.24, 2.45) is 5.92 Å². The van der Waals surface area contributed by atoms with Crippen molar-refractivity contribution in [3.63, 3.8) is 0 Å². The number of aromatic carboxylic acids is 1. The van der Waals surface area contributed by atoms with Crippen molar-refractivity contribution in [2.45, 2.75) is 11.8 Å². The molecule has 1 rings (SSSR count). The second kappa shape index (κ2) is 6.51. The number of carbonyl (C=O) groups is 1. The number of methoxy groups -OCH3 is 1. The summed E-state index contributed by atoms with van der Waals surface area (Å²) in [6.45, 7) is 2.41. The van der Waals surface area contributed by atoms with E-state index in [9.17, 15) is 13.2 Å². The number of hydrogen-bond donors (Lipinski definition) is 2. The summed E-state index contributed by atoms with van der Waals surface area (Å²) in [5.74, 6) is -1.79. The van der Waals surface area contributed by atoms with Crippen LogP contribution in [0.15, 0.2) is 20.0 Å². The number of nitrogens with one attached hydrogen (secondary N) is 1. The van der Waals surface area contributed by atoms with E-state index >= 15 is 0 Å². The fourth-order valence-corrected chi connectivity index (χ4v) is 3.42. The third-order valence-corrected chi connectivity index (χ3v) is 4.51. The lowest BCUT2D eigenvalue weighted by atomic mass is 10.2. The molecule has 0 amide bonds. The van der Waals surface area contributed by atoms with E-state index in [0.29, 0.717) is 6.61 Å². The maximum Gasteiger partial charge on any atom is 0.371 e. The Bertz CT molecular complexity index is 552. The summed E-state index contributed by atoms with van der Waals surface area (Å²) < 4.78 is 35.8. The van der Waals surface area contributed by atoms with E-state index in [1.54, 1.807) is 0 Å². The second-order valence-corrected chi connectivity index (χ2v) is 6.42. The molecule has 9 heteroatoms. The Hall–Kier alpha value is -0.900. The zero-order valence-electron chi connectivity index (χ0n) is 10.3. The summed E-state index contributed by atoms with van der Waals surface area (Å²) in [5, 5.41) is 8.73. The molecule has 0 aliphatic rings. The average molecular weight is 356 g/mol. The normalized spacial score (nSPS) is 13.4. The lowest BCUT2D eigenvalue weighted by Crippen LogP contribution is -2.30. The number of sulfonamides is 1. The van der Waals surface area contributed by atoms with Gasteiger partial charge in [-0.1, -0.05) is 6.92 Å². The third-order valence-electron chi connectivity index (χ3n) is 2.23. The van der Waals surface area contributed by atoms with Crippen LogP contribution >= 0.6 is 15.9 Å². The molecule has 0 fully saturated rings. The molecule has 7 nitrogen and oxygen atoms in total. The molecular weight excluding hydrogens is 342 g/mol. The predicted octanol–water partition coefficient (Wildman–Crippen LogP) is 1.30. The highest BCUT2D eigenvalue weighted by molar-refractivity contribution is 9.10.